The van der Waals surface area contributed by atoms with Crippen LogP contribution in [0.25, 0.3) is 10.2 Å². The molecule has 98 valence electrons. The molecule has 2 aromatic carbocycles. The number of nitrogens with zero attached hydrogens (tertiary/aromatic N) is 3. The Morgan fingerprint density at radius 1 is 1.20 bits per heavy atom. The van der Waals surface area contributed by atoms with E-state index in [1.165, 1.54) is 23.5 Å². The van der Waals surface area contributed by atoms with E-state index in [9.17, 15) is 10.1 Å². The molecule has 3 aromatic rings. The first-order chi connectivity index (χ1) is 9.72. The van der Waals surface area contributed by atoms with Crippen molar-refractivity contribution in [2.75, 3.05) is 0 Å². The van der Waals surface area contributed by atoms with Gasteiger partial charge in [-0.05, 0) is 17.7 Å². The zero-order valence-electron chi connectivity index (χ0n) is 10.3. The summed E-state index contributed by atoms with van der Waals surface area (Å²) < 4.78 is 1.07. The van der Waals surface area contributed by atoms with Gasteiger partial charge in [-0.3, -0.25) is 10.1 Å². The summed E-state index contributed by atoms with van der Waals surface area (Å²) in [5, 5.41) is 11.3. The van der Waals surface area contributed by atoms with Gasteiger partial charge in [0.2, 0.25) is 5.13 Å². The number of rotatable bonds is 3. The van der Waals surface area contributed by atoms with E-state index in [1.807, 2.05) is 24.3 Å². The van der Waals surface area contributed by atoms with Crippen LogP contribution in [0.4, 0.5) is 10.8 Å². The smallest absolute Gasteiger partial charge is 0.258 e. The molecule has 1 heterocycles. The minimum Gasteiger partial charge on any atom is -0.258 e. The van der Waals surface area contributed by atoms with Gasteiger partial charge in [-0.1, -0.05) is 35.6 Å². The van der Waals surface area contributed by atoms with Crippen LogP contribution in [0.3, 0.4) is 0 Å². The summed E-state index contributed by atoms with van der Waals surface area (Å²) in [5.41, 5.74) is 1.64. The summed E-state index contributed by atoms with van der Waals surface area (Å²) in [6.45, 7) is 0. The van der Waals surface area contributed by atoms with Gasteiger partial charge in [0.25, 0.3) is 5.69 Å². The maximum atomic E-state index is 10.7. The Kier molecular flexibility index (Phi) is 3.22. The minimum absolute atomic E-state index is 0.0539. The van der Waals surface area contributed by atoms with Crippen molar-refractivity contribution in [2.24, 2.45) is 4.99 Å². The van der Waals surface area contributed by atoms with Gasteiger partial charge in [-0.25, -0.2) is 9.98 Å². The number of thiazole rings is 1. The van der Waals surface area contributed by atoms with E-state index in [1.54, 1.807) is 18.3 Å². The molecular weight excluding hydrogens is 274 g/mol. The highest BCUT2D eigenvalue weighted by Crippen LogP contribution is 2.27. The van der Waals surface area contributed by atoms with E-state index in [2.05, 4.69) is 9.98 Å². The Labute approximate surface area is 118 Å². The first-order valence-corrected chi connectivity index (χ1v) is 6.68. The molecule has 0 N–H and O–H groups in total. The number of hydrogen-bond donors (Lipinski definition) is 0. The van der Waals surface area contributed by atoms with Crippen molar-refractivity contribution in [3.63, 3.8) is 0 Å². The number of aliphatic imine (C=N–C) groups is 1. The third-order valence-electron chi connectivity index (χ3n) is 2.69. The molecule has 3 rings (SSSR count). The van der Waals surface area contributed by atoms with E-state index >= 15 is 0 Å². The fourth-order valence-corrected chi connectivity index (χ4v) is 2.57. The summed E-state index contributed by atoms with van der Waals surface area (Å²) in [4.78, 5) is 18.9. The van der Waals surface area contributed by atoms with Crippen molar-refractivity contribution in [1.29, 1.82) is 0 Å². The van der Waals surface area contributed by atoms with Crippen LogP contribution in [0.5, 0.6) is 0 Å². The van der Waals surface area contributed by atoms with Gasteiger partial charge < -0.3 is 0 Å². The lowest BCUT2D eigenvalue weighted by Gasteiger charge is -1.92. The van der Waals surface area contributed by atoms with Gasteiger partial charge in [0.15, 0.2) is 0 Å². The largest absolute Gasteiger partial charge is 0.270 e. The monoisotopic (exact) mass is 283 g/mol. The van der Waals surface area contributed by atoms with Gasteiger partial charge in [-0.2, -0.15) is 0 Å². The summed E-state index contributed by atoms with van der Waals surface area (Å²) >= 11 is 1.48. The molecule has 5 nitrogen and oxygen atoms in total. The molecule has 0 amide bonds. The second kappa shape index (κ2) is 5.18. The molecule has 0 saturated carbocycles. The normalized spacial score (nSPS) is 11.2. The van der Waals surface area contributed by atoms with E-state index in [4.69, 9.17) is 0 Å². The van der Waals surface area contributed by atoms with Gasteiger partial charge >= 0.3 is 0 Å². The molecule has 0 saturated heterocycles. The molecule has 0 spiro atoms. The Morgan fingerprint density at radius 3 is 2.85 bits per heavy atom. The van der Waals surface area contributed by atoms with Gasteiger partial charge in [-0.15, -0.1) is 0 Å². The van der Waals surface area contributed by atoms with Crippen LogP contribution in [-0.4, -0.2) is 16.1 Å². The predicted molar refractivity (Wildman–Crippen MR) is 80.0 cm³/mol. The highest BCUT2D eigenvalue weighted by molar-refractivity contribution is 7.22. The number of aromatic nitrogens is 1. The van der Waals surface area contributed by atoms with E-state index in [0.29, 0.717) is 10.7 Å². The molecule has 0 atom stereocenters. The zero-order chi connectivity index (χ0) is 13.9. The average Bonchev–Trinajstić information content (AvgIpc) is 2.88. The second-order valence-corrected chi connectivity index (χ2v) is 5.08. The summed E-state index contributed by atoms with van der Waals surface area (Å²) in [7, 11) is 0. The third kappa shape index (κ3) is 2.55. The lowest BCUT2D eigenvalue weighted by atomic mass is 10.2. The number of hydrogen-bond acceptors (Lipinski definition) is 5. The molecule has 0 radical (unpaired) electrons. The van der Waals surface area contributed by atoms with Crippen LogP contribution in [0.15, 0.2) is 53.5 Å². The Balaban J connectivity index is 1.89. The number of nitro benzene ring substituents is 1. The first kappa shape index (κ1) is 12.4. The van der Waals surface area contributed by atoms with Crippen molar-refractivity contribution in [2.45, 2.75) is 0 Å². The Hall–Kier alpha value is -2.60. The zero-order valence-corrected chi connectivity index (χ0v) is 11.1. The first-order valence-electron chi connectivity index (χ1n) is 5.86. The SMILES string of the molecule is O=[N+]([O-])c1cccc(C=Nc2nc3ccccc3s2)c1. The maximum absolute atomic E-state index is 10.7. The number of non-ortho nitro benzene ring substituents is 1. The summed E-state index contributed by atoms with van der Waals surface area (Å²) in [6, 6.07) is 14.1. The van der Waals surface area contributed by atoms with Crippen molar-refractivity contribution < 1.29 is 4.92 Å². The third-order valence-corrected chi connectivity index (χ3v) is 3.63. The summed E-state index contributed by atoms with van der Waals surface area (Å²) in [6.07, 6.45) is 1.59. The topological polar surface area (TPSA) is 68.4 Å². The predicted octanol–water partition coefficient (Wildman–Crippen LogP) is 3.96. The fraction of sp³-hybridized carbons (Fsp3) is 0. The van der Waals surface area contributed by atoms with Crippen molar-refractivity contribution in [3.05, 3.63) is 64.2 Å². The molecule has 6 heteroatoms. The van der Waals surface area contributed by atoms with Gasteiger partial charge in [0.05, 0.1) is 15.1 Å². The molecule has 0 fully saturated rings. The number of nitro groups is 1. The van der Waals surface area contributed by atoms with Crippen LogP contribution in [0, 0.1) is 10.1 Å². The summed E-state index contributed by atoms with van der Waals surface area (Å²) in [5.74, 6) is 0. The molecule has 0 aliphatic heterocycles. The van der Waals surface area contributed by atoms with Gasteiger partial charge in [0, 0.05) is 18.3 Å². The van der Waals surface area contributed by atoms with Crippen molar-refractivity contribution in [3.8, 4) is 0 Å². The Bertz CT molecular complexity index is 778. The van der Waals surface area contributed by atoms with Crippen LogP contribution >= 0.6 is 11.3 Å². The molecule has 0 bridgehead atoms. The molecule has 20 heavy (non-hydrogen) atoms. The minimum atomic E-state index is -0.422. The van der Waals surface area contributed by atoms with Crippen molar-refractivity contribution >= 4 is 38.6 Å². The highest BCUT2D eigenvalue weighted by Gasteiger charge is 2.04. The van der Waals surface area contributed by atoms with Crippen LogP contribution in [-0.2, 0) is 0 Å². The van der Waals surface area contributed by atoms with E-state index in [-0.39, 0.29) is 5.69 Å². The molecule has 1 aromatic heterocycles. The Morgan fingerprint density at radius 2 is 2.05 bits per heavy atom. The van der Waals surface area contributed by atoms with Crippen LogP contribution < -0.4 is 0 Å². The number of para-hydroxylation sites is 1. The maximum Gasteiger partial charge on any atom is 0.270 e. The number of fused-ring (bicyclic) bond motifs is 1. The highest BCUT2D eigenvalue weighted by atomic mass is 32.1. The molecule has 0 aliphatic carbocycles. The standard InChI is InChI=1S/C14H9N3O2S/c18-17(19)11-5-3-4-10(8-11)9-15-14-16-12-6-1-2-7-13(12)20-14/h1-9H. The van der Waals surface area contributed by atoms with Crippen LogP contribution in [0.2, 0.25) is 0 Å². The molecule has 0 aliphatic rings. The molecular formula is C14H9N3O2S. The molecule has 0 unspecified atom stereocenters. The lowest BCUT2D eigenvalue weighted by molar-refractivity contribution is -0.384. The van der Waals surface area contributed by atoms with Crippen molar-refractivity contribution in [1.82, 2.24) is 4.98 Å². The number of benzene rings is 2. The lowest BCUT2D eigenvalue weighted by Crippen LogP contribution is -1.89. The second-order valence-electron chi connectivity index (χ2n) is 4.07. The van der Waals surface area contributed by atoms with Crippen LogP contribution in [0.1, 0.15) is 5.56 Å². The van der Waals surface area contributed by atoms with Gasteiger partial charge in [0.1, 0.15) is 0 Å². The fourth-order valence-electron chi connectivity index (χ4n) is 1.76. The van der Waals surface area contributed by atoms with E-state index < -0.39 is 4.92 Å². The average molecular weight is 283 g/mol. The quantitative estimate of drug-likeness (QED) is 0.415. The van der Waals surface area contributed by atoms with E-state index in [0.717, 1.165) is 10.2 Å².